The van der Waals surface area contributed by atoms with E-state index < -0.39 is 0 Å². The van der Waals surface area contributed by atoms with Gasteiger partial charge in [0.25, 0.3) is 0 Å². The van der Waals surface area contributed by atoms with Gasteiger partial charge in [0.15, 0.2) is 0 Å². The standard InChI is InChI=1S/C21H35Cl/c1-4-5-6-7-8-9-10-11-12-13-14-21-19(3)18(2)15-16-20(21)17-22/h15-16H,4-14,17H2,1-3H3. The lowest BCUT2D eigenvalue weighted by Crippen LogP contribution is -1.98. The average molecular weight is 323 g/mol. The van der Waals surface area contributed by atoms with E-state index in [0.717, 1.165) is 0 Å². The maximum absolute atomic E-state index is 6.09. The monoisotopic (exact) mass is 322 g/mol. The fraction of sp³-hybridized carbons (Fsp3) is 0.714. The van der Waals surface area contributed by atoms with Gasteiger partial charge in [0.1, 0.15) is 0 Å². The van der Waals surface area contributed by atoms with Gasteiger partial charge in [0, 0.05) is 5.88 Å². The zero-order valence-electron chi connectivity index (χ0n) is 15.0. The van der Waals surface area contributed by atoms with Gasteiger partial charge in [-0.15, -0.1) is 11.6 Å². The molecule has 0 aliphatic carbocycles. The number of aryl methyl sites for hydroxylation is 1. The third-order valence-corrected chi connectivity index (χ3v) is 5.18. The molecule has 0 aromatic heterocycles. The lowest BCUT2D eigenvalue weighted by molar-refractivity contribution is 0.556. The predicted molar refractivity (Wildman–Crippen MR) is 101 cm³/mol. The van der Waals surface area contributed by atoms with E-state index in [9.17, 15) is 0 Å². The smallest absolute Gasteiger partial charge is 0.0476 e. The summed E-state index contributed by atoms with van der Waals surface area (Å²) in [5.41, 5.74) is 5.69. The number of alkyl halides is 1. The minimum Gasteiger partial charge on any atom is -0.122 e. The Labute approximate surface area is 143 Å². The Morgan fingerprint density at radius 2 is 1.32 bits per heavy atom. The second-order valence-electron chi connectivity index (χ2n) is 6.71. The van der Waals surface area contributed by atoms with Crippen LogP contribution in [-0.4, -0.2) is 0 Å². The maximum Gasteiger partial charge on any atom is 0.0476 e. The SMILES string of the molecule is CCCCCCCCCCCCc1c(CCl)ccc(C)c1C. The summed E-state index contributed by atoms with van der Waals surface area (Å²) in [5.74, 6) is 0.647. The van der Waals surface area contributed by atoms with Gasteiger partial charge in [0.2, 0.25) is 0 Å². The van der Waals surface area contributed by atoms with E-state index >= 15 is 0 Å². The first-order valence-electron chi connectivity index (χ1n) is 9.34. The topological polar surface area (TPSA) is 0 Å². The molecule has 0 radical (unpaired) electrons. The van der Waals surface area contributed by atoms with Crippen LogP contribution in [0, 0.1) is 13.8 Å². The Bertz CT molecular complexity index is 409. The summed E-state index contributed by atoms with van der Waals surface area (Å²) in [6, 6.07) is 4.41. The van der Waals surface area contributed by atoms with Crippen LogP contribution < -0.4 is 0 Å². The van der Waals surface area contributed by atoms with Crippen molar-refractivity contribution in [2.24, 2.45) is 0 Å². The van der Waals surface area contributed by atoms with E-state index in [4.69, 9.17) is 11.6 Å². The third-order valence-electron chi connectivity index (χ3n) is 4.89. The molecule has 0 unspecified atom stereocenters. The largest absolute Gasteiger partial charge is 0.122 e. The van der Waals surface area contributed by atoms with Crippen molar-refractivity contribution >= 4 is 11.6 Å². The molecule has 126 valence electrons. The second-order valence-corrected chi connectivity index (χ2v) is 6.98. The number of hydrogen-bond acceptors (Lipinski definition) is 0. The van der Waals surface area contributed by atoms with Crippen LogP contribution in [0.15, 0.2) is 12.1 Å². The molecule has 1 heteroatoms. The summed E-state index contributed by atoms with van der Waals surface area (Å²) >= 11 is 6.09. The average Bonchev–Trinajstić information content (AvgIpc) is 2.53. The normalized spacial score (nSPS) is 11.1. The van der Waals surface area contributed by atoms with Gasteiger partial charge in [-0.25, -0.2) is 0 Å². The number of benzene rings is 1. The zero-order valence-corrected chi connectivity index (χ0v) is 15.8. The van der Waals surface area contributed by atoms with Crippen molar-refractivity contribution in [2.45, 2.75) is 97.3 Å². The summed E-state index contributed by atoms with van der Waals surface area (Å²) in [4.78, 5) is 0. The molecule has 0 amide bonds. The van der Waals surface area contributed by atoms with Crippen molar-refractivity contribution in [1.29, 1.82) is 0 Å². The van der Waals surface area contributed by atoms with Crippen molar-refractivity contribution in [3.05, 3.63) is 34.4 Å². The summed E-state index contributed by atoms with van der Waals surface area (Å²) in [6.07, 6.45) is 15.2. The predicted octanol–water partition coefficient (Wildman–Crippen LogP) is 7.51. The molecule has 1 aromatic rings. The highest BCUT2D eigenvalue weighted by Gasteiger charge is 2.07. The van der Waals surface area contributed by atoms with Crippen molar-refractivity contribution in [3.63, 3.8) is 0 Å². The fourth-order valence-electron chi connectivity index (χ4n) is 3.19. The van der Waals surface area contributed by atoms with Crippen LogP contribution in [0.1, 0.15) is 93.4 Å². The summed E-state index contributed by atoms with van der Waals surface area (Å²) in [6.45, 7) is 6.73. The van der Waals surface area contributed by atoms with E-state index in [0.29, 0.717) is 5.88 Å². The molecule has 1 aromatic carbocycles. The van der Waals surface area contributed by atoms with Gasteiger partial charge in [-0.2, -0.15) is 0 Å². The summed E-state index contributed by atoms with van der Waals surface area (Å²) < 4.78 is 0. The van der Waals surface area contributed by atoms with Gasteiger partial charge < -0.3 is 0 Å². The number of unbranched alkanes of at least 4 members (excludes halogenated alkanes) is 9. The highest BCUT2D eigenvalue weighted by Crippen LogP contribution is 2.22. The lowest BCUT2D eigenvalue weighted by atomic mass is 9.94. The van der Waals surface area contributed by atoms with Gasteiger partial charge in [-0.3, -0.25) is 0 Å². The first-order valence-corrected chi connectivity index (χ1v) is 9.88. The van der Waals surface area contributed by atoms with E-state index in [-0.39, 0.29) is 0 Å². The molecule has 0 heterocycles. The van der Waals surface area contributed by atoms with Crippen LogP contribution in [0.3, 0.4) is 0 Å². The second kappa shape index (κ2) is 12.0. The van der Waals surface area contributed by atoms with Gasteiger partial charge >= 0.3 is 0 Å². The van der Waals surface area contributed by atoms with Gasteiger partial charge in [-0.05, 0) is 48.9 Å². The van der Waals surface area contributed by atoms with Crippen LogP contribution in [0.2, 0.25) is 0 Å². The number of halogens is 1. The van der Waals surface area contributed by atoms with E-state index in [1.165, 1.54) is 92.9 Å². The summed E-state index contributed by atoms with van der Waals surface area (Å²) in [5, 5.41) is 0. The Kier molecular flexibility index (Phi) is 10.7. The molecule has 0 spiro atoms. The molecule has 0 aliphatic heterocycles. The van der Waals surface area contributed by atoms with Crippen LogP contribution in [0.5, 0.6) is 0 Å². The van der Waals surface area contributed by atoms with Crippen molar-refractivity contribution in [3.8, 4) is 0 Å². The molecular weight excluding hydrogens is 288 g/mol. The molecule has 0 saturated heterocycles. The minimum atomic E-state index is 0.647. The summed E-state index contributed by atoms with van der Waals surface area (Å²) in [7, 11) is 0. The van der Waals surface area contributed by atoms with Crippen LogP contribution in [0.25, 0.3) is 0 Å². The lowest BCUT2D eigenvalue weighted by Gasteiger charge is -2.13. The minimum absolute atomic E-state index is 0.647. The molecular formula is C21H35Cl. The van der Waals surface area contributed by atoms with Crippen LogP contribution >= 0.6 is 11.6 Å². The number of hydrogen-bond donors (Lipinski definition) is 0. The molecule has 0 aliphatic rings. The fourth-order valence-corrected chi connectivity index (χ4v) is 3.44. The van der Waals surface area contributed by atoms with Crippen molar-refractivity contribution in [1.82, 2.24) is 0 Å². The Balaban J connectivity index is 2.16. The van der Waals surface area contributed by atoms with Crippen LogP contribution in [-0.2, 0) is 12.3 Å². The zero-order chi connectivity index (χ0) is 16.2. The van der Waals surface area contributed by atoms with E-state index in [1.54, 1.807) is 0 Å². The quantitative estimate of drug-likeness (QED) is 0.276. The molecule has 0 bridgehead atoms. The number of rotatable bonds is 12. The molecule has 0 nitrogen and oxygen atoms in total. The third kappa shape index (κ3) is 7.18. The highest BCUT2D eigenvalue weighted by atomic mass is 35.5. The van der Waals surface area contributed by atoms with Crippen molar-refractivity contribution in [2.75, 3.05) is 0 Å². The van der Waals surface area contributed by atoms with E-state index in [1.807, 2.05) is 0 Å². The van der Waals surface area contributed by atoms with Gasteiger partial charge in [0.05, 0.1) is 0 Å². The molecule has 0 N–H and O–H groups in total. The highest BCUT2D eigenvalue weighted by molar-refractivity contribution is 6.17. The molecule has 1 rings (SSSR count). The molecule has 22 heavy (non-hydrogen) atoms. The molecule has 0 saturated carbocycles. The van der Waals surface area contributed by atoms with Gasteiger partial charge in [-0.1, -0.05) is 76.8 Å². The molecule has 0 atom stereocenters. The first-order chi connectivity index (χ1) is 10.7. The Hall–Kier alpha value is -0.490. The van der Waals surface area contributed by atoms with Crippen LogP contribution in [0.4, 0.5) is 0 Å². The maximum atomic E-state index is 6.09. The molecule has 0 fully saturated rings. The first kappa shape index (κ1) is 19.6. The Morgan fingerprint density at radius 3 is 1.86 bits per heavy atom. The Morgan fingerprint density at radius 1 is 0.773 bits per heavy atom. The van der Waals surface area contributed by atoms with Crippen molar-refractivity contribution < 1.29 is 0 Å². The van der Waals surface area contributed by atoms with E-state index in [2.05, 4.69) is 32.9 Å².